The third-order valence-corrected chi connectivity index (χ3v) is 5.12. The van der Waals surface area contributed by atoms with E-state index in [4.69, 9.17) is 14.2 Å². The summed E-state index contributed by atoms with van der Waals surface area (Å²) in [6, 6.07) is 12.6. The highest BCUT2D eigenvalue weighted by atomic mass is 16.5. The van der Waals surface area contributed by atoms with Gasteiger partial charge in [0.05, 0.1) is 21.3 Å². The summed E-state index contributed by atoms with van der Waals surface area (Å²) in [4.78, 5) is 27.4. The number of carbonyl (C=O) groups excluding carboxylic acids is 2. The standard InChI is InChI=1S/C22H25NO5/c1-26-18-13-17(14-19(27-2)21(18)28-3)22(25)23-11-9-16(10-12-23)20(24)15-7-5-4-6-8-15/h4-8,13-14,16H,9-12H2,1-3H3. The minimum absolute atomic E-state index is 0.0496. The fraction of sp³-hybridized carbons (Fsp3) is 0.364. The molecule has 1 fully saturated rings. The summed E-state index contributed by atoms with van der Waals surface area (Å²) in [6.07, 6.45) is 1.31. The Bertz CT molecular complexity index is 816. The average molecular weight is 383 g/mol. The first-order valence-electron chi connectivity index (χ1n) is 9.27. The number of hydrogen-bond acceptors (Lipinski definition) is 5. The number of hydrogen-bond donors (Lipinski definition) is 0. The highest BCUT2D eigenvalue weighted by Gasteiger charge is 2.29. The molecule has 1 heterocycles. The van der Waals surface area contributed by atoms with Gasteiger partial charge in [-0.15, -0.1) is 0 Å². The predicted octanol–water partition coefficient (Wildman–Crippen LogP) is 3.45. The first-order chi connectivity index (χ1) is 13.6. The van der Waals surface area contributed by atoms with Crippen LogP contribution in [0.15, 0.2) is 42.5 Å². The van der Waals surface area contributed by atoms with Gasteiger partial charge in [0.2, 0.25) is 5.75 Å². The van der Waals surface area contributed by atoms with Gasteiger partial charge in [-0.2, -0.15) is 0 Å². The molecule has 0 N–H and O–H groups in total. The molecule has 148 valence electrons. The fourth-order valence-electron chi connectivity index (χ4n) is 3.57. The van der Waals surface area contributed by atoms with Gasteiger partial charge in [0, 0.05) is 30.1 Å². The topological polar surface area (TPSA) is 65.1 Å². The Morgan fingerprint density at radius 1 is 0.857 bits per heavy atom. The van der Waals surface area contributed by atoms with Crippen molar-refractivity contribution in [1.82, 2.24) is 4.90 Å². The van der Waals surface area contributed by atoms with Crippen molar-refractivity contribution >= 4 is 11.7 Å². The van der Waals surface area contributed by atoms with Crippen LogP contribution in [-0.2, 0) is 0 Å². The zero-order valence-electron chi connectivity index (χ0n) is 16.4. The third-order valence-electron chi connectivity index (χ3n) is 5.12. The van der Waals surface area contributed by atoms with Crippen LogP contribution in [0, 0.1) is 5.92 Å². The molecule has 1 amide bonds. The van der Waals surface area contributed by atoms with Crippen LogP contribution in [0.1, 0.15) is 33.6 Å². The van der Waals surface area contributed by atoms with Crippen LogP contribution < -0.4 is 14.2 Å². The van der Waals surface area contributed by atoms with Crippen LogP contribution in [0.4, 0.5) is 0 Å². The van der Waals surface area contributed by atoms with E-state index in [9.17, 15) is 9.59 Å². The van der Waals surface area contributed by atoms with Crippen molar-refractivity contribution in [3.05, 3.63) is 53.6 Å². The van der Waals surface area contributed by atoms with Gasteiger partial charge in [0.25, 0.3) is 5.91 Å². The van der Waals surface area contributed by atoms with Crippen LogP contribution in [0.2, 0.25) is 0 Å². The van der Waals surface area contributed by atoms with Gasteiger partial charge in [-0.05, 0) is 25.0 Å². The summed E-state index contributed by atoms with van der Waals surface area (Å²) >= 11 is 0. The zero-order chi connectivity index (χ0) is 20.1. The van der Waals surface area contributed by atoms with Crippen molar-refractivity contribution in [1.29, 1.82) is 0 Å². The molecule has 0 spiro atoms. The summed E-state index contributed by atoms with van der Waals surface area (Å²) in [5.74, 6) is 1.34. The van der Waals surface area contributed by atoms with Crippen molar-refractivity contribution in [3.8, 4) is 17.2 Å². The van der Waals surface area contributed by atoms with E-state index < -0.39 is 0 Å². The molecule has 0 bridgehead atoms. The largest absolute Gasteiger partial charge is 0.493 e. The second kappa shape index (κ2) is 8.78. The minimum atomic E-state index is -0.107. The van der Waals surface area contributed by atoms with Gasteiger partial charge in [-0.25, -0.2) is 0 Å². The molecule has 0 radical (unpaired) electrons. The lowest BCUT2D eigenvalue weighted by Gasteiger charge is -2.31. The summed E-state index contributed by atoms with van der Waals surface area (Å²) in [6.45, 7) is 1.08. The Labute approximate surface area is 165 Å². The van der Waals surface area contributed by atoms with Crippen LogP contribution in [0.5, 0.6) is 17.2 Å². The zero-order valence-corrected chi connectivity index (χ0v) is 16.4. The number of methoxy groups -OCH3 is 3. The molecule has 1 aliphatic rings. The van der Waals surface area contributed by atoms with E-state index in [-0.39, 0.29) is 17.6 Å². The van der Waals surface area contributed by atoms with Crippen LogP contribution >= 0.6 is 0 Å². The smallest absolute Gasteiger partial charge is 0.254 e. The third kappa shape index (κ3) is 3.96. The lowest BCUT2D eigenvalue weighted by Crippen LogP contribution is -2.40. The van der Waals surface area contributed by atoms with Crippen LogP contribution in [-0.4, -0.2) is 51.0 Å². The number of ether oxygens (including phenoxy) is 3. The van der Waals surface area contributed by atoms with Crippen LogP contribution in [0.25, 0.3) is 0 Å². The summed E-state index contributed by atoms with van der Waals surface area (Å²) in [7, 11) is 4.56. The van der Waals surface area contributed by atoms with E-state index in [0.29, 0.717) is 48.7 Å². The quantitative estimate of drug-likeness (QED) is 0.715. The van der Waals surface area contributed by atoms with Gasteiger partial charge < -0.3 is 19.1 Å². The SMILES string of the molecule is COc1cc(C(=O)N2CCC(C(=O)c3ccccc3)CC2)cc(OC)c1OC. The lowest BCUT2D eigenvalue weighted by atomic mass is 9.88. The Hall–Kier alpha value is -3.02. The average Bonchev–Trinajstić information content (AvgIpc) is 2.77. The molecule has 0 aliphatic carbocycles. The molecule has 1 saturated heterocycles. The molecule has 6 nitrogen and oxygen atoms in total. The number of ketones is 1. The number of carbonyl (C=O) groups is 2. The highest BCUT2D eigenvalue weighted by Crippen LogP contribution is 2.38. The highest BCUT2D eigenvalue weighted by molar-refractivity contribution is 5.98. The lowest BCUT2D eigenvalue weighted by molar-refractivity contribution is 0.0649. The maximum atomic E-state index is 13.0. The molecule has 2 aromatic rings. The predicted molar refractivity (Wildman–Crippen MR) is 105 cm³/mol. The van der Waals surface area contributed by atoms with Gasteiger partial charge in [0.15, 0.2) is 17.3 Å². The van der Waals surface area contributed by atoms with Gasteiger partial charge >= 0.3 is 0 Å². The molecule has 0 aromatic heterocycles. The Balaban J connectivity index is 1.71. The van der Waals surface area contributed by atoms with E-state index in [0.717, 1.165) is 5.56 Å². The number of amides is 1. The fourth-order valence-corrected chi connectivity index (χ4v) is 3.57. The molecule has 6 heteroatoms. The first kappa shape index (κ1) is 19.7. The molecular weight excluding hydrogens is 358 g/mol. The van der Waals surface area contributed by atoms with Gasteiger partial charge in [0.1, 0.15) is 0 Å². The van der Waals surface area contributed by atoms with E-state index in [1.807, 2.05) is 30.3 Å². The molecule has 3 rings (SSSR count). The van der Waals surface area contributed by atoms with E-state index in [1.165, 1.54) is 21.3 Å². The number of rotatable bonds is 6. The number of benzene rings is 2. The second-order valence-electron chi connectivity index (χ2n) is 6.71. The number of piperidine rings is 1. The molecular formula is C22H25NO5. The summed E-state index contributed by atoms with van der Waals surface area (Å²) < 4.78 is 16.0. The molecule has 0 atom stereocenters. The van der Waals surface area contributed by atoms with E-state index in [2.05, 4.69) is 0 Å². The van der Waals surface area contributed by atoms with Crippen molar-refractivity contribution in [3.63, 3.8) is 0 Å². The molecule has 0 unspecified atom stereocenters. The van der Waals surface area contributed by atoms with E-state index in [1.54, 1.807) is 17.0 Å². The van der Waals surface area contributed by atoms with Crippen LogP contribution in [0.3, 0.4) is 0 Å². The molecule has 28 heavy (non-hydrogen) atoms. The summed E-state index contributed by atoms with van der Waals surface area (Å²) in [5, 5.41) is 0. The van der Waals surface area contributed by atoms with Gasteiger partial charge in [-0.3, -0.25) is 9.59 Å². The Morgan fingerprint density at radius 2 is 1.43 bits per heavy atom. The summed E-state index contributed by atoms with van der Waals surface area (Å²) in [5.41, 5.74) is 1.21. The molecule has 1 aliphatic heterocycles. The maximum Gasteiger partial charge on any atom is 0.254 e. The number of Topliss-reactive ketones (excluding diaryl/α,β-unsaturated/α-hetero) is 1. The second-order valence-corrected chi connectivity index (χ2v) is 6.71. The number of likely N-dealkylation sites (tertiary alicyclic amines) is 1. The first-order valence-corrected chi connectivity index (χ1v) is 9.27. The monoisotopic (exact) mass is 383 g/mol. The van der Waals surface area contributed by atoms with Crippen molar-refractivity contribution in [2.45, 2.75) is 12.8 Å². The van der Waals surface area contributed by atoms with Gasteiger partial charge in [-0.1, -0.05) is 30.3 Å². The normalized spacial score (nSPS) is 14.5. The molecule has 2 aromatic carbocycles. The maximum absolute atomic E-state index is 13.0. The van der Waals surface area contributed by atoms with Crippen molar-refractivity contribution in [2.75, 3.05) is 34.4 Å². The van der Waals surface area contributed by atoms with E-state index >= 15 is 0 Å². The minimum Gasteiger partial charge on any atom is -0.493 e. The number of nitrogens with zero attached hydrogens (tertiary/aromatic N) is 1. The Morgan fingerprint density at radius 3 is 1.93 bits per heavy atom. The van der Waals surface area contributed by atoms with Crippen molar-refractivity contribution in [2.24, 2.45) is 5.92 Å². The van der Waals surface area contributed by atoms with Crippen molar-refractivity contribution < 1.29 is 23.8 Å². The molecule has 0 saturated carbocycles. The Kier molecular flexibility index (Phi) is 6.19.